The molecule has 2 aliphatic rings. The summed E-state index contributed by atoms with van der Waals surface area (Å²) in [6, 6.07) is 11.1. The van der Waals surface area contributed by atoms with Crippen LogP contribution < -0.4 is 15.5 Å². The number of anilines is 2. The van der Waals surface area contributed by atoms with E-state index in [2.05, 4.69) is 15.6 Å². The van der Waals surface area contributed by atoms with Crippen LogP contribution >= 0.6 is 0 Å². The number of carbonyl (C=O) groups is 1. The molecule has 206 valence electrons. The van der Waals surface area contributed by atoms with E-state index in [1.54, 1.807) is 30.3 Å². The number of carbonyl (C=O) groups excluding carboxylic acids is 1. The van der Waals surface area contributed by atoms with Gasteiger partial charge in [0.15, 0.2) is 15.7 Å². The third-order valence-electron chi connectivity index (χ3n) is 6.99. The zero-order chi connectivity index (χ0) is 27.8. The van der Waals surface area contributed by atoms with Gasteiger partial charge in [-0.15, -0.1) is 0 Å². The van der Waals surface area contributed by atoms with Crippen molar-refractivity contribution in [2.45, 2.75) is 42.4 Å². The van der Waals surface area contributed by atoms with Gasteiger partial charge in [0.1, 0.15) is 27.1 Å². The van der Waals surface area contributed by atoms with Crippen LogP contribution in [0.1, 0.15) is 32.4 Å². The molecule has 0 unspecified atom stereocenters. The number of hydrogen-bond donors (Lipinski definition) is 2. The van der Waals surface area contributed by atoms with Gasteiger partial charge in [-0.2, -0.15) is 0 Å². The predicted molar refractivity (Wildman–Crippen MR) is 142 cm³/mol. The number of nitrogens with one attached hydrogen (secondary N) is 2. The van der Waals surface area contributed by atoms with E-state index in [4.69, 9.17) is 9.72 Å². The summed E-state index contributed by atoms with van der Waals surface area (Å²) in [7, 11) is -4.47. The van der Waals surface area contributed by atoms with Crippen molar-refractivity contribution < 1.29 is 26.7 Å². The van der Waals surface area contributed by atoms with E-state index in [0.29, 0.717) is 43.4 Å². The van der Waals surface area contributed by atoms with Gasteiger partial charge in [0, 0.05) is 30.4 Å². The summed E-state index contributed by atoms with van der Waals surface area (Å²) in [5.41, 5.74) is 1.33. The van der Waals surface area contributed by atoms with Gasteiger partial charge < -0.3 is 20.3 Å². The molecular weight excluding hydrogens is 528 g/mol. The van der Waals surface area contributed by atoms with Gasteiger partial charge in [0.2, 0.25) is 0 Å². The largest absolute Gasteiger partial charge is 0.377 e. The van der Waals surface area contributed by atoms with Gasteiger partial charge in [-0.05, 0) is 63.1 Å². The van der Waals surface area contributed by atoms with E-state index >= 15 is 0 Å². The van der Waals surface area contributed by atoms with Crippen molar-refractivity contribution in [1.29, 1.82) is 0 Å². The number of sulfone groups is 1. The molecule has 1 atom stereocenters. The number of amides is 2. The summed E-state index contributed by atoms with van der Waals surface area (Å²) in [6.07, 6.45) is 0.347. The van der Waals surface area contributed by atoms with Crippen LogP contribution in [0.2, 0.25) is 0 Å². The SMILES string of the molecule is CCNC(=O)Nc1ccc(-c2nc(N3CCOC[C@@H]3C)cc(C3(S(=O)(=O)c4c(F)cccc4F)CC3)n2)cc1. The summed E-state index contributed by atoms with van der Waals surface area (Å²) >= 11 is 0. The number of morpholine rings is 1. The van der Waals surface area contributed by atoms with Gasteiger partial charge >= 0.3 is 6.03 Å². The molecule has 1 aliphatic heterocycles. The summed E-state index contributed by atoms with van der Waals surface area (Å²) in [4.78, 5) is 22.3. The van der Waals surface area contributed by atoms with E-state index in [-0.39, 0.29) is 36.4 Å². The van der Waals surface area contributed by atoms with Crippen LogP contribution in [-0.4, -0.2) is 56.8 Å². The molecule has 0 bridgehead atoms. The number of benzene rings is 2. The maximum atomic E-state index is 14.7. The molecule has 3 aromatic rings. The molecule has 5 rings (SSSR count). The molecule has 12 heteroatoms. The summed E-state index contributed by atoms with van der Waals surface area (Å²) in [6.45, 7) is 5.75. The Hall–Kier alpha value is -3.64. The molecule has 2 N–H and O–H groups in total. The Morgan fingerprint density at radius 1 is 1.13 bits per heavy atom. The maximum Gasteiger partial charge on any atom is 0.319 e. The molecule has 1 aromatic heterocycles. The summed E-state index contributed by atoms with van der Waals surface area (Å²) < 4.78 is 60.8. The first kappa shape index (κ1) is 26.9. The summed E-state index contributed by atoms with van der Waals surface area (Å²) in [5, 5.41) is 5.38. The highest BCUT2D eigenvalue weighted by molar-refractivity contribution is 7.92. The van der Waals surface area contributed by atoms with E-state index in [1.807, 2.05) is 18.7 Å². The molecule has 9 nitrogen and oxygen atoms in total. The minimum absolute atomic E-state index is 0.0335. The van der Waals surface area contributed by atoms with Crippen LogP contribution in [0.5, 0.6) is 0 Å². The predicted octanol–water partition coefficient (Wildman–Crippen LogP) is 4.25. The van der Waals surface area contributed by atoms with Crippen molar-refractivity contribution in [3.05, 3.63) is 65.9 Å². The first-order chi connectivity index (χ1) is 18.7. The second-order valence-electron chi connectivity index (χ2n) is 9.66. The standard InChI is InChI=1S/C27H29F2N5O4S/c1-3-30-26(35)31-19-9-7-18(8-10-19)25-32-22(15-23(33-25)34-13-14-38-16-17(34)2)27(11-12-27)39(36,37)24-20(28)5-4-6-21(24)29/h4-10,15,17H,3,11-14,16H2,1-2H3,(H2,30,31,35)/t17-/m0/s1. The van der Waals surface area contributed by atoms with Gasteiger partial charge in [0.05, 0.1) is 24.9 Å². The lowest BCUT2D eigenvalue weighted by Gasteiger charge is -2.34. The normalized spacial score (nSPS) is 18.5. The minimum Gasteiger partial charge on any atom is -0.377 e. The van der Waals surface area contributed by atoms with Crippen LogP contribution in [0.4, 0.5) is 25.1 Å². The Kier molecular flexibility index (Phi) is 7.25. The van der Waals surface area contributed by atoms with E-state index in [0.717, 1.165) is 18.2 Å². The van der Waals surface area contributed by atoms with Crippen LogP contribution in [0.15, 0.2) is 53.4 Å². The molecule has 2 fully saturated rings. The Labute approximate surface area is 225 Å². The van der Waals surface area contributed by atoms with E-state index in [1.165, 1.54) is 0 Å². The molecule has 1 aliphatic carbocycles. The zero-order valence-corrected chi connectivity index (χ0v) is 22.4. The fourth-order valence-corrected chi connectivity index (χ4v) is 6.82. The number of hydrogen-bond acceptors (Lipinski definition) is 7. The molecule has 2 amide bonds. The van der Waals surface area contributed by atoms with Crippen LogP contribution in [0.25, 0.3) is 11.4 Å². The maximum absolute atomic E-state index is 14.7. The van der Waals surface area contributed by atoms with Crippen molar-refractivity contribution >= 4 is 27.4 Å². The third kappa shape index (κ3) is 5.06. The Morgan fingerprint density at radius 3 is 2.44 bits per heavy atom. The second-order valence-corrected chi connectivity index (χ2v) is 11.9. The molecule has 2 aromatic carbocycles. The average Bonchev–Trinajstić information content (AvgIpc) is 3.72. The highest BCUT2D eigenvalue weighted by Crippen LogP contribution is 2.55. The number of halogens is 2. The Morgan fingerprint density at radius 2 is 1.82 bits per heavy atom. The van der Waals surface area contributed by atoms with E-state index < -0.39 is 31.1 Å². The van der Waals surface area contributed by atoms with Crippen LogP contribution in [0, 0.1) is 11.6 Å². The van der Waals surface area contributed by atoms with Crippen molar-refractivity contribution in [1.82, 2.24) is 15.3 Å². The first-order valence-electron chi connectivity index (χ1n) is 12.7. The first-order valence-corrected chi connectivity index (χ1v) is 14.2. The van der Waals surface area contributed by atoms with Crippen molar-refractivity contribution in [2.24, 2.45) is 0 Å². The Bertz CT molecular complexity index is 1480. The van der Waals surface area contributed by atoms with Crippen molar-refractivity contribution in [3.63, 3.8) is 0 Å². The lowest BCUT2D eigenvalue weighted by Crippen LogP contribution is -2.44. The van der Waals surface area contributed by atoms with Crippen molar-refractivity contribution in [2.75, 3.05) is 36.5 Å². The number of nitrogens with zero attached hydrogens (tertiary/aromatic N) is 3. The number of urea groups is 1. The highest BCUT2D eigenvalue weighted by atomic mass is 32.2. The molecule has 1 saturated heterocycles. The number of aromatic nitrogens is 2. The van der Waals surface area contributed by atoms with E-state index in [9.17, 15) is 22.0 Å². The minimum atomic E-state index is -4.47. The quantitative estimate of drug-likeness (QED) is 0.447. The zero-order valence-electron chi connectivity index (χ0n) is 21.6. The number of ether oxygens (including phenoxy) is 1. The van der Waals surface area contributed by atoms with Gasteiger partial charge in [-0.25, -0.2) is 32.0 Å². The fraction of sp³-hybridized carbons (Fsp3) is 0.370. The number of rotatable bonds is 7. The van der Waals surface area contributed by atoms with Gasteiger partial charge in [0.25, 0.3) is 0 Å². The smallest absolute Gasteiger partial charge is 0.319 e. The highest BCUT2D eigenvalue weighted by Gasteiger charge is 2.59. The Balaban J connectivity index is 1.59. The monoisotopic (exact) mass is 557 g/mol. The van der Waals surface area contributed by atoms with Crippen LogP contribution in [-0.2, 0) is 19.3 Å². The van der Waals surface area contributed by atoms with Crippen LogP contribution in [0.3, 0.4) is 0 Å². The molecular formula is C27H29F2N5O4S. The fourth-order valence-electron chi connectivity index (χ4n) is 4.76. The average molecular weight is 558 g/mol. The third-order valence-corrected chi connectivity index (χ3v) is 9.56. The topological polar surface area (TPSA) is 114 Å². The second kappa shape index (κ2) is 10.5. The molecule has 2 heterocycles. The lowest BCUT2D eigenvalue weighted by atomic mass is 10.1. The van der Waals surface area contributed by atoms with Crippen molar-refractivity contribution in [3.8, 4) is 11.4 Å². The summed E-state index contributed by atoms with van der Waals surface area (Å²) in [5.74, 6) is -1.49. The molecule has 1 saturated carbocycles. The lowest BCUT2D eigenvalue weighted by molar-refractivity contribution is 0.0985. The molecule has 0 radical (unpaired) electrons. The van der Waals surface area contributed by atoms with Gasteiger partial charge in [-0.3, -0.25) is 0 Å². The molecule has 0 spiro atoms. The molecule has 39 heavy (non-hydrogen) atoms. The van der Waals surface area contributed by atoms with Gasteiger partial charge in [-0.1, -0.05) is 6.07 Å².